The van der Waals surface area contributed by atoms with Gasteiger partial charge in [0.25, 0.3) is 0 Å². The van der Waals surface area contributed by atoms with Crippen LogP contribution in [-0.4, -0.2) is 8.07 Å². The molecule has 0 aliphatic heterocycles. The minimum absolute atomic E-state index is 1.19. The lowest BCUT2D eigenvalue weighted by Crippen LogP contribution is -2.37. The third-order valence-corrected chi connectivity index (χ3v) is 7.51. The molecule has 0 aromatic heterocycles. The summed E-state index contributed by atoms with van der Waals surface area (Å²) in [5.41, 5.74) is 0. The first-order chi connectivity index (χ1) is 9.39. The van der Waals surface area contributed by atoms with Gasteiger partial charge in [0.15, 0.2) is 0 Å². The number of fused-ring (bicyclic) bond motifs is 2. The first-order valence-electron chi connectivity index (χ1n) is 6.69. The molecule has 3 aromatic carbocycles. The van der Waals surface area contributed by atoms with Gasteiger partial charge in [0.2, 0.25) is 0 Å². The molecule has 0 radical (unpaired) electrons. The fourth-order valence-corrected chi connectivity index (χ4v) is 5.07. The minimum atomic E-state index is -1.29. The summed E-state index contributed by atoms with van der Waals surface area (Å²) in [4.78, 5) is 0. The first kappa shape index (κ1) is 14.3. The van der Waals surface area contributed by atoms with Crippen LogP contribution in [0.2, 0.25) is 19.6 Å². The average Bonchev–Trinajstić information content (AvgIpc) is 2.43. The number of halogens is 2. The van der Waals surface area contributed by atoms with Crippen LogP contribution in [0.1, 0.15) is 0 Å². The van der Waals surface area contributed by atoms with E-state index < -0.39 is 8.07 Å². The number of rotatable bonds is 1. The van der Waals surface area contributed by atoms with Crippen molar-refractivity contribution in [3.8, 4) is 0 Å². The summed E-state index contributed by atoms with van der Waals surface area (Å²) in [6.45, 7) is 7.16. The summed E-state index contributed by atoms with van der Waals surface area (Å²) in [5, 5.41) is 6.59. The minimum Gasteiger partial charge on any atom is -0.0656 e. The molecule has 0 aliphatic carbocycles. The smallest absolute Gasteiger partial charge is 0.0656 e. The molecule has 0 amide bonds. The van der Waals surface area contributed by atoms with Crippen LogP contribution in [0.15, 0.2) is 51.4 Å². The Kier molecular flexibility index (Phi) is 3.55. The third kappa shape index (κ3) is 2.26. The Morgan fingerprint density at radius 3 is 1.75 bits per heavy atom. The Morgan fingerprint density at radius 2 is 1.20 bits per heavy atom. The molecule has 0 atom stereocenters. The molecule has 0 aliphatic rings. The van der Waals surface area contributed by atoms with Crippen LogP contribution in [0.3, 0.4) is 0 Å². The summed E-state index contributed by atoms with van der Waals surface area (Å²) >= 11 is 7.59. The SMILES string of the molecule is C[Si](C)(C)c1ccc2c(Br)c3ccccc3c(Br)c2c1. The van der Waals surface area contributed by atoms with Crippen molar-refractivity contribution >= 4 is 66.7 Å². The van der Waals surface area contributed by atoms with Crippen molar-refractivity contribution in [1.82, 2.24) is 0 Å². The van der Waals surface area contributed by atoms with Crippen molar-refractivity contribution in [2.75, 3.05) is 0 Å². The van der Waals surface area contributed by atoms with Gasteiger partial charge in [0.1, 0.15) is 0 Å². The Bertz CT molecular complexity index is 816. The van der Waals surface area contributed by atoms with Gasteiger partial charge in [-0.1, -0.05) is 67.3 Å². The van der Waals surface area contributed by atoms with Gasteiger partial charge in [-0.05, 0) is 53.4 Å². The van der Waals surface area contributed by atoms with Crippen molar-refractivity contribution in [3.63, 3.8) is 0 Å². The molecule has 102 valence electrons. The zero-order valence-electron chi connectivity index (χ0n) is 11.8. The molecule has 3 heteroatoms. The topological polar surface area (TPSA) is 0 Å². The highest BCUT2D eigenvalue weighted by Gasteiger charge is 2.18. The molecular weight excluding hydrogens is 392 g/mol. The zero-order chi connectivity index (χ0) is 14.5. The fourth-order valence-electron chi connectivity index (χ4n) is 2.54. The van der Waals surface area contributed by atoms with E-state index in [2.05, 4.69) is 94.0 Å². The van der Waals surface area contributed by atoms with E-state index in [-0.39, 0.29) is 0 Å². The van der Waals surface area contributed by atoms with Crippen LogP contribution in [0.25, 0.3) is 21.5 Å². The van der Waals surface area contributed by atoms with Gasteiger partial charge >= 0.3 is 0 Å². The Morgan fingerprint density at radius 1 is 0.700 bits per heavy atom. The number of hydrogen-bond donors (Lipinski definition) is 0. The maximum absolute atomic E-state index is 3.81. The number of benzene rings is 3. The normalized spacial score (nSPS) is 12.2. The van der Waals surface area contributed by atoms with Gasteiger partial charge in [-0.2, -0.15) is 0 Å². The second kappa shape index (κ2) is 4.97. The average molecular weight is 408 g/mol. The Labute approximate surface area is 137 Å². The van der Waals surface area contributed by atoms with Gasteiger partial charge in [-0.15, -0.1) is 0 Å². The van der Waals surface area contributed by atoms with E-state index in [0.717, 1.165) is 0 Å². The van der Waals surface area contributed by atoms with Gasteiger partial charge < -0.3 is 0 Å². The van der Waals surface area contributed by atoms with Crippen LogP contribution < -0.4 is 5.19 Å². The van der Waals surface area contributed by atoms with Gasteiger partial charge in [-0.3, -0.25) is 0 Å². The highest BCUT2D eigenvalue weighted by Crippen LogP contribution is 2.38. The molecule has 0 unspecified atom stereocenters. The van der Waals surface area contributed by atoms with E-state index in [1.165, 1.54) is 35.7 Å². The van der Waals surface area contributed by atoms with Crippen LogP contribution in [0, 0.1) is 0 Å². The molecule has 3 aromatic rings. The molecule has 0 spiro atoms. The third-order valence-electron chi connectivity index (χ3n) is 3.76. The molecule has 0 fully saturated rings. The maximum atomic E-state index is 3.81. The second-order valence-electron chi connectivity index (χ2n) is 6.18. The van der Waals surface area contributed by atoms with Gasteiger partial charge in [0, 0.05) is 8.95 Å². The molecule has 0 bridgehead atoms. The summed E-state index contributed by atoms with van der Waals surface area (Å²) in [6.07, 6.45) is 0. The summed E-state index contributed by atoms with van der Waals surface area (Å²) in [6, 6.07) is 15.4. The molecular formula is C17H16Br2Si. The zero-order valence-corrected chi connectivity index (χ0v) is 16.0. The maximum Gasteiger partial charge on any atom is 0.0776 e. The molecule has 20 heavy (non-hydrogen) atoms. The van der Waals surface area contributed by atoms with E-state index in [1.807, 2.05) is 0 Å². The van der Waals surface area contributed by atoms with Crippen LogP contribution in [-0.2, 0) is 0 Å². The highest BCUT2D eigenvalue weighted by molar-refractivity contribution is 9.11. The van der Waals surface area contributed by atoms with Crippen LogP contribution in [0.4, 0.5) is 0 Å². The monoisotopic (exact) mass is 406 g/mol. The quantitative estimate of drug-likeness (QED) is 0.339. The number of hydrogen-bond acceptors (Lipinski definition) is 0. The lowest BCUT2D eigenvalue weighted by atomic mass is 10.0. The Hall–Kier alpha value is -0.643. The summed E-state index contributed by atoms with van der Waals surface area (Å²) in [7, 11) is -1.29. The van der Waals surface area contributed by atoms with Crippen molar-refractivity contribution in [3.05, 3.63) is 51.4 Å². The highest BCUT2D eigenvalue weighted by atomic mass is 79.9. The standard InChI is InChI=1S/C17H16Br2Si/c1-20(2,3)11-8-9-14-15(10-11)17(19)13-7-5-4-6-12(13)16(14)18/h4-10H,1-3H3. The van der Waals surface area contributed by atoms with Crippen molar-refractivity contribution in [2.24, 2.45) is 0 Å². The van der Waals surface area contributed by atoms with E-state index in [1.54, 1.807) is 0 Å². The van der Waals surface area contributed by atoms with Crippen LogP contribution >= 0.6 is 31.9 Å². The second-order valence-corrected chi connectivity index (χ2v) is 12.8. The molecule has 0 saturated carbocycles. The van der Waals surface area contributed by atoms with E-state index in [9.17, 15) is 0 Å². The lowest BCUT2D eigenvalue weighted by molar-refractivity contribution is 1.69. The molecule has 0 N–H and O–H groups in total. The van der Waals surface area contributed by atoms with Crippen LogP contribution in [0.5, 0.6) is 0 Å². The van der Waals surface area contributed by atoms with E-state index in [0.29, 0.717) is 0 Å². The van der Waals surface area contributed by atoms with Gasteiger partial charge in [0.05, 0.1) is 8.07 Å². The Balaban J connectivity index is 2.47. The predicted octanol–water partition coefficient (Wildman–Crippen LogP) is 6.06. The molecule has 0 heterocycles. The van der Waals surface area contributed by atoms with E-state index in [4.69, 9.17) is 0 Å². The molecule has 0 nitrogen and oxygen atoms in total. The van der Waals surface area contributed by atoms with Crippen molar-refractivity contribution in [1.29, 1.82) is 0 Å². The van der Waals surface area contributed by atoms with E-state index >= 15 is 0 Å². The summed E-state index contributed by atoms with van der Waals surface area (Å²) < 4.78 is 2.39. The molecule has 3 rings (SSSR count). The van der Waals surface area contributed by atoms with Crippen molar-refractivity contribution < 1.29 is 0 Å². The van der Waals surface area contributed by atoms with Gasteiger partial charge in [-0.25, -0.2) is 0 Å². The predicted molar refractivity (Wildman–Crippen MR) is 99.8 cm³/mol. The largest absolute Gasteiger partial charge is 0.0776 e. The van der Waals surface area contributed by atoms with Crippen molar-refractivity contribution in [2.45, 2.75) is 19.6 Å². The molecule has 0 saturated heterocycles. The fraction of sp³-hybridized carbons (Fsp3) is 0.176. The first-order valence-corrected chi connectivity index (χ1v) is 11.8. The lowest BCUT2D eigenvalue weighted by Gasteiger charge is -2.18. The summed E-state index contributed by atoms with van der Waals surface area (Å²) in [5.74, 6) is 0.